The van der Waals surface area contributed by atoms with Gasteiger partial charge in [-0.05, 0) is 49.2 Å². The topological polar surface area (TPSA) is 96.5 Å². The van der Waals surface area contributed by atoms with E-state index in [0.717, 1.165) is 5.56 Å². The van der Waals surface area contributed by atoms with E-state index in [1.54, 1.807) is 42.5 Å². The van der Waals surface area contributed by atoms with Gasteiger partial charge in [0.15, 0.2) is 0 Å². The van der Waals surface area contributed by atoms with E-state index in [2.05, 4.69) is 16.2 Å². The molecule has 9 heteroatoms. The molecule has 154 valence electrons. The summed E-state index contributed by atoms with van der Waals surface area (Å²) >= 11 is 11.8. The summed E-state index contributed by atoms with van der Waals surface area (Å²) in [6.07, 6.45) is 0.631. The van der Waals surface area contributed by atoms with Crippen molar-refractivity contribution in [2.45, 2.75) is 19.8 Å². The zero-order valence-electron chi connectivity index (χ0n) is 15.8. The maximum atomic E-state index is 12.0. The molecule has 0 saturated carbocycles. The molecule has 0 unspecified atom stereocenters. The molecule has 0 aliphatic heterocycles. The van der Waals surface area contributed by atoms with Gasteiger partial charge in [-0.25, -0.2) is 0 Å². The lowest BCUT2D eigenvalue weighted by molar-refractivity contribution is -0.128. The highest BCUT2D eigenvalue weighted by molar-refractivity contribution is 6.33. The summed E-state index contributed by atoms with van der Waals surface area (Å²) in [7, 11) is 0. The van der Waals surface area contributed by atoms with E-state index in [4.69, 9.17) is 27.9 Å². The van der Waals surface area contributed by atoms with E-state index in [-0.39, 0.29) is 29.5 Å². The molecule has 29 heavy (non-hydrogen) atoms. The predicted molar refractivity (Wildman–Crippen MR) is 111 cm³/mol. The Bertz CT molecular complexity index is 890. The van der Waals surface area contributed by atoms with Crippen molar-refractivity contribution in [3.05, 3.63) is 63.6 Å². The fourth-order valence-electron chi connectivity index (χ4n) is 2.34. The number of rotatable bonds is 8. The molecule has 0 aliphatic carbocycles. The number of hydrazine groups is 1. The van der Waals surface area contributed by atoms with E-state index < -0.39 is 11.8 Å². The minimum Gasteiger partial charge on any atom is -0.493 e. The smallest absolute Gasteiger partial charge is 0.257 e. The normalized spacial score (nSPS) is 10.2. The van der Waals surface area contributed by atoms with Crippen molar-refractivity contribution in [3.63, 3.8) is 0 Å². The van der Waals surface area contributed by atoms with Gasteiger partial charge in [-0.15, -0.1) is 0 Å². The molecule has 0 atom stereocenters. The Morgan fingerprint density at radius 1 is 1.00 bits per heavy atom. The van der Waals surface area contributed by atoms with Crippen LogP contribution in [0.4, 0.5) is 0 Å². The standard InChI is InChI=1S/C20H21Cl2N3O4/c1-13-11-14(21)8-9-17(13)29-10-4-7-18(26)24-25-19(27)12-23-20(28)15-5-2-3-6-16(15)22/h2-3,5-6,8-9,11H,4,7,10,12H2,1H3,(H,23,28)(H,24,26)(H,25,27). The van der Waals surface area contributed by atoms with Gasteiger partial charge in [0.05, 0.1) is 23.7 Å². The second-order valence-electron chi connectivity index (χ2n) is 6.12. The number of hydrogen-bond donors (Lipinski definition) is 3. The minimum atomic E-state index is -0.563. The van der Waals surface area contributed by atoms with Crippen LogP contribution in [0.15, 0.2) is 42.5 Å². The monoisotopic (exact) mass is 437 g/mol. The number of benzene rings is 2. The van der Waals surface area contributed by atoms with Crippen LogP contribution in [0.1, 0.15) is 28.8 Å². The highest BCUT2D eigenvalue weighted by Crippen LogP contribution is 2.21. The maximum absolute atomic E-state index is 12.0. The molecule has 7 nitrogen and oxygen atoms in total. The fraction of sp³-hybridized carbons (Fsp3) is 0.250. The minimum absolute atomic E-state index is 0.166. The Morgan fingerprint density at radius 3 is 2.45 bits per heavy atom. The molecule has 2 rings (SSSR count). The van der Waals surface area contributed by atoms with Gasteiger partial charge in [-0.3, -0.25) is 25.2 Å². The quantitative estimate of drug-likeness (QED) is 0.436. The summed E-state index contributed by atoms with van der Waals surface area (Å²) in [6.45, 7) is 1.93. The van der Waals surface area contributed by atoms with Crippen molar-refractivity contribution in [1.82, 2.24) is 16.2 Å². The van der Waals surface area contributed by atoms with Gasteiger partial charge >= 0.3 is 0 Å². The van der Waals surface area contributed by atoms with Crippen molar-refractivity contribution in [1.29, 1.82) is 0 Å². The number of ether oxygens (including phenoxy) is 1. The van der Waals surface area contributed by atoms with Crippen molar-refractivity contribution in [3.8, 4) is 5.75 Å². The number of halogens is 2. The third-order valence-electron chi connectivity index (χ3n) is 3.81. The molecular weight excluding hydrogens is 417 g/mol. The summed E-state index contributed by atoms with van der Waals surface area (Å²) in [5.41, 5.74) is 5.70. The molecule has 0 saturated heterocycles. The zero-order valence-corrected chi connectivity index (χ0v) is 17.3. The molecule has 3 N–H and O–H groups in total. The Hall–Kier alpha value is -2.77. The van der Waals surface area contributed by atoms with Crippen LogP contribution in [0.5, 0.6) is 5.75 Å². The van der Waals surface area contributed by atoms with E-state index in [0.29, 0.717) is 23.8 Å². The SMILES string of the molecule is Cc1cc(Cl)ccc1OCCCC(=O)NNC(=O)CNC(=O)c1ccccc1Cl. The first kappa shape index (κ1) is 22.5. The number of nitrogens with one attached hydrogen (secondary N) is 3. The van der Waals surface area contributed by atoms with Gasteiger partial charge in [0.1, 0.15) is 5.75 Å². The molecule has 0 radical (unpaired) electrons. The summed E-state index contributed by atoms with van der Waals surface area (Å²) in [6, 6.07) is 11.8. The van der Waals surface area contributed by atoms with Gasteiger partial charge in [0, 0.05) is 11.4 Å². The van der Waals surface area contributed by atoms with Gasteiger partial charge in [-0.1, -0.05) is 35.3 Å². The van der Waals surface area contributed by atoms with Crippen LogP contribution in [0, 0.1) is 6.92 Å². The molecule has 0 fully saturated rings. The first-order chi connectivity index (χ1) is 13.9. The van der Waals surface area contributed by atoms with Crippen LogP contribution in [-0.4, -0.2) is 30.9 Å². The molecule has 0 heterocycles. The number of carbonyl (C=O) groups is 3. The van der Waals surface area contributed by atoms with Crippen LogP contribution in [0.2, 0.25) is 10.0 Å². The number of carbonyl (C=O) groups excluding carboxylic acids is 3. The molecule has 0 aromatic heterocycles. The Morgan fingerprint density at radius 2 is 1.72 bits per heavy atom. The van der Waals surface area contributed by atoms with Crippen molar-refractivity contribution in [2.24, 2.45) is 0 Å². The summed E-state index contributed by atoms with van der Waals surface area (Å²) in [4.78, 5) is 35.5. The average Bonchev–Trinajstić information content (AvgIpc) is 2.69. The summed E-state index contributed by atoms with van der Waals surface area (Å²) < 4.78 is 5.60. The van der Waals surface area contributed by atoms with E-state index in [9.17, 15) is 14.4 Å². The first-order valence-electron chi connectivity index (χ1n) is 8.86. The number of hydrogen-bond acceptors (Lipinski definition) is 4. The van der Waals surface area contributed by atoms with E-state index in [1.807, 2.05) is 6.92 Å². The Balaban J connectivity index is 1.61. The highest BCUT2D eigenvalue weighted by Gasteiger charge is 2.11. The molecule has 3 amide bonds. The van der Waals surface area contributed by atoms with Crippen molar-refractivity contribution < 1.29 is 19.1 Å². The lowest BCUT2D eigenvalue weighted by Crippen LogP contribution is -2.46. The van der Waals surface area contributed by atoms with Gasteiger partial charge < -0.3 is 10.1 Å². The fourth-order valence-corrected chi connectivity index (χ4v) is 2.79. The van der Waals surface area contributed by atoms with E-state index >= 15 is 0 Å². The van der Waals surface area contributed by atoms with Crippen LogP contribution >= 0.6 is 23.2 Å². The van der Waals surface area contributed by atoms with Crippen LogP contribution < -0.4 is 20.9 Å². The average molecular weight is 438 g/mol. The van der Waals surface area contributed by atoms with E-state index in [1.165, 1.54) is 0 Å². The summed E-state index contributed by atoms with van der Waals surface area (Å²) in [5, 5.41) is 3.35. The molecule has 0 aliphatic rings. The number of amides is 3. The summed E-state index contributed by atoms with van der Waals surface area (Å²) in [5.74, 6) is -0.705. The molecule has 0 spiro atoms. The second-order valence-corrected chi connectivity index (χ2v) is 6.96. The highest BCUT2D eigenvalue weighted by atomic mass is 35.5. The predicted octanol–water partition coefficient (Wildman–Crippen LogP) is 3.04. The second kappa shape index (κ2) is 11.3. The van der Waals surface area contributed by atoms with Gasteiger partial charge in [0.2, 0.25) is 5.91 Å². The van der Waals surface area contributed by atoms with Gasteiger partial charge in [-0.2, -0.15) is 0 Å². The van der Waals surface area contributed by atoms with Crippen LogP contribution in [0.25, 0.3) is 0 Å². The van der Waals surface area contributed by atoms with Crippen molar-refractivity contribution in [2.75, 3.05) is 13.2 Å². The Labute approximate surface area is 178 Å². The Kier molecular flexibility index (Phi) is 8.76. The zero-order chi connectivity index (χ0) is 21.2. The maximum Gasteiger partial charge on any atom is 0.257 e. The van der Waals surface area contributed by atoms with Crippen molar-refractivity contribution >= 4 is 40.9 Å². The third-order valence-corrected chi connectivity index (χ3v) is 4.38. The van der Waals surface area contributed by atoms with Crippen LogP contribution in [0.3, 0.4) is 0 Å². The lowest BCUT2D eigenvalue weighted by Gasteiger charge is -2.10. The largest absolute Gasteiger partial charge is 0.493 e. The number of aryl methyl sites for hydroxylation is 1. The lowest BCUT2D eigenvalue weighted by atomic mass is 10.2. The van der Waals surface area contributed by atoms with Gasteiger partial charge in [0.25, 0.3) is 11.8 Å². The first-order valence-corrected chi connectivity index (χ1v) is 9.62. The third kappa shape index (κ3) is 7.63. The molecule has 2 aromatic carbocycles. The molecular formula is C20H21Cl2N3O4. The molecule has 2 aromatic rings. The van der Waals surface area contributed by atoms with Crippen LogP contribution in [-0.2, 0) is 9.59 Å². The molecule has 0 bridgehead atoms.